The van der Waals surface area contributed by atoms with Crippen LogP contribution in [-0.2, 0) is 5.41 Å². The van der Waals surface area contributed by atoms with Gasteiger partial charge in [-0.3, -0.25) is 4.79 Å². The molecule has 2 rings (SSSR count). The van der Waals surface area contributed by atoms with E-state index in [-0.39, 0.29) is 11.2 Å². The molecule has 107 valence electrons. The molecule has 0 fully saturated rings. The van der Waals surface area contributed by atoms with Crippen LogP contribution in [0.3, 0.4) is 0 Å². The van der Waals surface area contributed by atoms with E-state index in [1.54, 1.807) is 18.0 Å². The van der Waals surface area contributed by atoms with Crippen LogP contribution in [-0.4, -0.2) is 24.8 Å². The molecule has 0 aliphatic heterocycles. The summed E-state index contributed by atoms with van der Waals surface area (Å²) in [4.78, 5) is 13.6. The zero-order chi connectivity index (χ0) is 15.1. The Bertz CT molecular complexity index is 654. The second kappa shape index (κ2) is 5.05. The molecule has 1 radical (unpaired) electrons. The Morgan fingerprint density at radius 2 is 1.95 bits per heavy atom. The average Bonchev–Trinajstić information content (AvgIpc) is 2.69. The zero-order valence-electron chi connectivity index (χ0n) is 12.9. The molecule has 2 aromatic rings. The third-order valence-electron chi connectivity index (χ3n) is 3.15. The van der Waals surface area contributed by atoms with Gasteiger partial charge in [0, 0.05) is 10.9 Å². The lowest BCUT2D eigenvalue weighted by Gasteiger charge is -2.22. The third kappa shape index (κ3) is 2.63. The number of carbonyl (C=O) groups excluding carboxylic acids is 1. The highest BCUT2D eigenvalue weighted by Crippen LogP contribution is 2.31. The molecule has 0 saturated heterocycles. The predicted molar refractivity (Wildman–Crippen MR) is 82.5 cm³/mol. The minimum Gasteiger partial charge on any atom is -0.455 e. The maximum Gasteiger partial charge on any atom is 0.313 e. The first-order valence-electron chi connectivity index (χ1n) is 6.72. The number of Topliss-reactive ketones (excluding diaryl/α,β-unsaturated/α-hetero) is 1. The van der Waals surface area contributed by atoms with Crippen LogP contribution in [0.1, 0.15) is 43.6 Å². The van der Waals surface area contributed by atoms with E-state index < -0.39 is 9.04 Å². The van der Waals surface area contributed by atoms with Crippen molar-refractivity contribution in [1.29, 1.82) is 0 Å². The van der Waals surface area contributed by atoms with Gasteiger partial charge in [0.05, 0.1) is 6.20 Å². The fraction of sp³-hybridized carbons (Fsp3) is 0.467. The Morgan fingerprint density at radius 3 is 2.45 bits per heavy atom. The Kier molecular flexibility index (Phi) is 3.73. The van der Waals surface area contributed by atoms with Crippen LogP contribution >= 0.6 is 0 Å². The molecule has 0 unspecified atom stereocenters. The topological polar surface area (TPSA) is 44.1 Å². The molecule has 5 heteroatoms. The van der Waals surface area contributed by atoms with Crippen LogP contribution in [0.2, 0.25) is 13.1 Å². The smallest absolute Gasteiger partial charge is 0.313 e. The molecule has 0 aliphatic rings. The standard InChI is InChI=1S/C15H21N2O2Si/c1-10(18)14-11-9-16-17(19-20(5)6)13(11)8-7-12(14)15(2,3)4/h7-9H,1-6H3. The van der Waals surface area contributed by atoms with Crippen LogP contribution in [0.4, 0.5) is 0 Å². The van der Waals surface area contributed by atoms with Crippen LogP contribution in [0.25, 0.3) is 10.9 Å². The maximum atomic E-state index is 12.1. The molecule has 1 aromatic carbocycles. The summed E-state index contributed by atoms with van der Waals surface area (Å²) in [5, 5.41) is 5.14. The van der Waals surface area contributed by atoms with Crippen molar-refractivity contribution >= 4 is 25.7 Å². The normalized spacial score (nSPS) is 12.2. The molecule has 4 nitrogen and oxygen atoms in total. The Morgan fingerprint density at radius 1 is 1.30 bits per heavy atom. The SMILES string of the molecule is CC(=O)c1c(C(C)(C)C)ccc2c1cnn2O[Si](C)C. The molecule has 20 heavy (non-hydrogen) atoms. The molecular formula is C15H21N2O2Si. The first-order valence-corrected chi connectivity index (χ1v) is 9.13. The number of hydrogen-bond acceptors (Lipinski definition) is 3. The highest BCUT2D eigenvalue weighted by molar-refractivity contribution is 6.48. The highest BCUT2D eigenvalue weighted by Gasteiger charge is 2.23. The second-order valence-electron chi connectivity index (χ2n) is 6.24. The molecule has 1 aromatic heterocycles. The van der Waals surface area contributed by atoms with E-state index in [2.05, 4.69) is 25.9 Å². The Labute approximate surface area is 121 Å². The number of hydrogen-bond donors (Lipinski definition) is 0. The van der Waals surface area contributed by atoms with Crippen molar-refractivity contribution in [3.63, 3.8) is 0 Å². The van der Waals surface area contributed by atoms with Gasteiger partial charge >= 0.3 is 9.04 Å². The molecule has 0 saturated carbocycles. The first kappa shape index (κ1) is 14.8. The van der Waals surface area contributed by atoms with Crippen LogP contribution < -0.4 is 4.53 Å². The van der Waals surface area contributed by atoms with Gasteiger partial charge in [-0.2, -0.15) is 0 Å². The van der Waals surface area contributed by atoms with Gasteiger partial charge in [-0.25, -0.2) is 0 Å². The summed E-state index contributed by atoms with van der Waals surface area (Å²) < 4.78 is 5.72. The fourth-order valence-electron chi connectivity index (χ4n) is 2.33. The maximum absolute atomic E-state index is 12.1. The third-order valence-corrected chi connectivity index (χ3v) is 3.69. The second-order valence-corrected chi connectivity index (χ2v) is 8.24. The number of aromatic nitrogens is 2. The number of nitrogens with zero attached hydrogens (tertiary/aromatic N) is 2. The van der Waals surface area contributed by atoms with E-state index >= 15 is 0 Å². The van der Waals surface area contributed by atoms with Gasteiger partial charge in [0.15, 0.2) is 5.78 Å². The predicted octanol–water partition coefficient (Wildman–Crippen LogP) is 3.22. The van der Waals surface area contributed by atoms with Crippen molar-refractivity contribution in [3.05, 3.63) is 29.5 Å². The average molecular weight is 289 g/mol. The van der Waals surface area contributed by atoms with Crippen LogP contribution in [0.5, 0.6) is 0 Å². The van der Waals surface area contributed by atoms with E-state index in [4.69, 9.17) is 4.53 Å². The summed E-state index contributed by atoms with van der Waals surface area (Å²) in [7, 11) is -0.903. The van der Waals surface area contributed by atoms with Crippen molar-refractivity contribution in [2.45, 2.75) is 46.2 Å². The van der Waals surface area contributed by atoms with Gasteiger partial charge in [0.25, 0.3) is 0 Å². The van der Waals surface area contributed by atoms with Gasteiger partial charge in [0.1, 0.15) is 5.52 Å². The lowest BCUT2D eigenvalue weighted by Crippen LogP contribution is -2.24. The fourth-order valence-corrected chi connectivity index (χ4v) is 2.82. The molecule has 1 heterocycles. The summed E-state index contributed by atoms with van der Waals surface area (Å²) in [5.41, 5.74) is 2.58. The van der Waals surface area contributed by atoms with Crippen molar-refractivity contribution in [1.82, 2.24) is 9.94 Å². The molecule has 0 spiro atoms. The van der Waals surface area contributed by atoms with Crippen molar-refractivity contribution in [2.24, 2.45) is 0 Å². The summed E-state index contributed by atoms with van der Waals surface area (Å²) in [6.45, 7) is 12.0. The molecule has 0 bridgehead atoms. The minimum atomic E-state index is -0.903. The van der Waals surface area contributed by atoms with Crippen molar-refractivity contribution < 1.29 is 9.32 Å². The summed E-state index contributed by atoms with van der Waals surface area (Å²) in [6, 6.07) is 4.00. The summed E-state index contributed by atoms with van der Waals surface area (Å²) in [5.74, 6) is 0.0681. The number of fused-ring (bicyclic) bond motifs is 1. The van der Waals surface area contributed by atoms with Crippen molar-refractivity contribution in [2.75, 3.05) is 0 Å². The van der Waals surface area contributed by atoms with E-state index in [1.807, 2.05) is 25.2 Å². The van der Waals surface area contributed by atoms with Gasteiger partial charge in [-0.1, -0.05) is 26.8 Å². The van der Waals surface area contributed by atoms with Gasteiger partial charge in [0.2, 0.25) is 0 Å². The minimum absolute atomic E-state index is 0.0681. The number of carbonyl (C=O) groups is 1. The monoisotopic (exact) mass is 289 g/mol. The summed E-state index contributed by atoms with van der Waals surface area (Å²) >= 11 is 0. The van der Waals surface area contributed by atoms with E-state index in [1.165, 1.54) is 0 Å². The van der Waals surface area contributed by atoms with E-state index in [9.17, 15) is 4.79 Å². The van der Waals surface area contributed by atoms with E-state index in [0.29, 0.717) is 0 Å². The van der Waals surface area contributed by atoms with E-state index in [0.717, 1.165) is 22.0 Å². The van der Waals surface area contributed by atoms with Crippen LogP contribution in [0.15, 0.2) is 18.3 Å². The summed E-state index contributed by atoms with van der Waals surface area (Å²) in [6.07, 6.45) is 1.73. The molecule has 0 aliphatic carbocycles. The van der Waals surface area contributed by atoms with Gasteiger partial charge < -0.3 is 4.53 Å². The molecular weight excluding hydrogens is 268 g/mol. The van der Waals surface area contributed by atoms with Gasteiger partial charge in [-0.05, 0) is 37.1 Å². The zero-order valence-corrected chi connectivity index (χ0v) is 13.9. The largest absolute Gasteiger partial charge is 0.455 e. The van der Waals surface area contributed by atoms with Gasteiger partial charge in [-0.15, -0.1) is 9.94 Å². The number of ketones is 1. The Balaban J connectivity index is 2.71. The van der Waals surface area contributed by atoms with Crippen LogP contribution in [0, 0.1) is 0 Å². The lowest BCUT2D eigenvalue weighted by atomic mass is 9.81. The molecule has 0 N–H and O–H groups in total. The van der Waals surface area contributed by atoms with Crippen molar-refractivity contribution in [3.8, 4) is 0 Å². The Hall–Kier alpha value is -1.62. The quantitative estimate of drug-likeness (QED) is 0.644. The first-order chi connectivity index (χ1) is 9.21. The number of benzene rings is 1. The molecule has 0 atom stereocenters. The number of rotatable bonds is 3. The molecule has 0 amide bonds. The highest BCUT2D eigenvalue weighted by atomic mass is 28.3. The lowest BCUT2D eigenvalue weighted by molar-refractivity contribution is 0.101.